The van der Waals surface area contributed by atoms with Gasteiger partial charge in [-0.25, -0.2) is 0 Å². The highest BCUT2D eigenvalue weighted by Gasteiger charge is 2.26. The minimum absolute atomic E-state index is 0.0220. The molecule has 0 saturated carbocycles. The fourth-order valence-corrected chi connectivity index (χ4v) is 2.27. The van der Waals surface area contributed by atoms with E-state index in [4.69, 9.17) is 5.73 Å². The van der Waals surface area contributed by atoms with Crippen molar-refractivity contribution in [2.75, 3.05) is 32.7 Å². The molecule has 1 aliphatic rings. The molecule has 1 amide bonds. The zero-order valence-electron chi connectivity index (χ0n) is 11.3. The summed E-state index contributed by atoms with van der Waals surface area (Å²) in [7, 11) is 1.81. The molecule has 2 rings (SSSR count). The zero-order chi connectivity index (χ0) is 13.8. The van der Waals surface area contributed by atoms with E-state index in [9.17, 15) is 4.79 Å². The predicted molar refractivity (Wildman–Crippen MR) is 73.4 cm³/mol. The van der Waals surface area contributed by atoms with Gasteiger partial charge in [0.15, 0.2) is 0 Å². The number of hydrogen-bond acceptors (Lipinski definition) is 4. The van der Waals surface area contributed by atoms with Crippen LogP contribution in [0.15, 0.2) is 25.0 Å². The van der Waals surface area contributed by atoms with Crippen LogP contribution in [0.5, 0.6) is 0 Å². The van der Waals surface area contributed by atoms with Crippen molar-refractivity contribution in [2.24, 2.45) is 12.8 Å². The van der Waals surface area contributed by atoms with Crippen LogP contribution in [0.1, 0.15) is 11.6 Å². The van der Waals surface area contributed by atoms with Crippen molar-refractivity contribution in [3.05, 3.63) is 30.6 Å². The summed E-state index contributed by atoms with van der Waals surface area (Å²) in [5, 5.41) is 4.05. The molecule has 0 bridgehead atoms. The third kappa shape index (κ3) is 3.21. The molecule has 0 aromatic carbocycles. The molecular weight excluding hydrogens is 242 g/mol. The van der Waals surface area contributed by atoms with Crippen molar-refractivity contribution < 1.29 is 4.79 Å². The van der Waals surface area contributed by atoms with Gasteiger partial charge < -0.3 is 10.6 Å². The summed E-state index contributed by atoms with van der Waals surface area (Å²) < 4.78 is 1.66. The number of aromatic nitrogens is 2. The second-order valence-corrected chi connectivity index (χ2v) is 4.84. The Labute approximate surface area is 113 Å². The molecular formula is C13H21N5O. The first kappa shape index (κ1) is 13.8. The third-order valence-electron chi connectivity index (χ3n) is 3.42. The number of piperazine rings is 1. The molecule has 2 N–H and O–H groups in total. The quantitative estimate of drug-likeness (QED) is 0.761. The molecule has 1 aliphatic heterocycles. The van der Waals surface area contributed by atoms with E-state index in [0.29, 0.717) is 0 Å². The molecule has 0 aliphatic carbocycles. The minimum atomic E-state index is -0.611. The van der Waals surface area contributed by atoms with Crippen LogP contribution in [0.25, 0.3) is 0 Å². The third-order valence-corrected chi connectivity index (χ3v) is 3.42. The van der Waals surface area contributed by atoms with Gasteiger partial charge in [-0.1, -0.05) is 6.08 Å². The molecule has 19 heavy (non-hydrogen) atoms. The van der Waals surface area contributed by atoms with Crippen LogP contribution < -0.4 is 5.73 Å². The molecule has 6 heteroatoms. The minimum Gasteiger partial charge on any atom is -0.338 e. The number of aryl methyl sites for hydroxylation is 1. The Balaban J connectivity index is 1.92. The summed E-state index contributed by atoms with van der Waals surface area (Å²) in [6.45, 7) is 7.79. The van der Waals surface area contributed by atoms with Crippen molar-refractivity contribution in [2.45, 2.75) is 6.04 Å². The van der Waals surface area contributed by atoms with Gasteiger partial charge in [0.25, 0.3) is 0 Å². The first-order valence-corrected chi connectivity index (χ1v) is 6.48. The summed E-state index contributed by atoms with van der Waals surface area (Å²) in [6.07, 6.45) is 5.33. The van der Waals surface area contributed by atoms with Crippen molar-refractivity contribution in [3.8, 4) is 0 Å². The summed E-state index contributed by atoms with van der Waals surface area (Å²) >= 11 is 0. The first-order valence-electron chi connectivity index (χ1n) is 6.48. The summed E-state index contributed by atoms with van der Waals surface area (Å²) in [6, 6.07) is -0.611. The van der Waals surface area contributed by atoms with Crippen molar-refractivity contribution in [1.82, 2.24) is 19.6 Å². The van der Waals surface area contributed by atoms with Gasteiger partial charge in [-0.2, -0.15) is 5.10 Å². The lowest BCUT2D eigenvalue weighted by molar-refractivity contribution is -0.134. The van der Waals surface area contributed by atoms with Crippen LogP contribution in [0.3, 0.4) is 0 Å². The topological polar surface area (TPSA) is 67.4 Å². The summed E-state index contributed by atoms with van der Waals surface area (Å²) in [5.74, 6) is -0.0220. The molecule has 1 aromatic heterocycles. The molecule has 6 nitrogen and oxygen atoms in total. The van der Waals surface area contributed by atoms with Gasteiger partial charge in [-0.05, 0) is 0 Å². The lowest BCUT2D eigenvalue weighted by Gasteiger charge is -2.35. The highest BCUT2D eigenvalue weighted by atomic mass is 16.2. The average molecular weight is 263 g/mol. The average Bonchev–Trinajstić information content (AvgIpc) is 2.85. The number of hydrogen-bond donors (Lipinski definition) is 1. The standard InChI is InChI=1S/C13H21N5O/c1-3-4-17-5-7-18(8-6-17)13(19)12(14)11-9-15-16(2)10-11/h3,9-10,12H,1,4-8,14H2,2H3. The largest absolute Gasteiger partial charge is 0.338 e. The van der Waals surface area contributed by atoms with Crippen molar-refractivity contribution >= 4 is 5.91 Å². The number of amides is 1. The highest BCUT2D eigenvalue weighted by Crippen LogP contribution is 2.13. The Hall–Kier alpha value is -1.66. The monoisotopic (exact) mass is 263 g/mol. The molecule has 0 radical (unpaired) electrons. The van der Waals surface area contributed by atoms with Crippen LogP contribution in [0.4, 0.5) is 0 Å². The van der Waals surface area contributed by atoms with Gasteiger partial charge in [-0.3, -0.25) is 14.4 Å². The van der Waals surface area contributed by atoms with E-state index in [2.05, 4.69) is 16.6 Å². The normalized spacial score (nSPS) is 18.3. The molecule has 1 fully saturated rings. The van der Waals surface area contributed by atoms with Gasteiger partial charge in [-0.15, -0.1) is 6.58 Å². The van der Waals surface area contributed by atoms with Crippen molar-refractivity contribution in [1.29, 1.82) is 0 Å². The molecule has 1 saturated heterocycles. The van der Waals surface area contributed by atoms with Gasteiger partial charge >= 0.3 is 0 Å². The molecule has 1 atom stereocenters. The van der Waals surface area contributed by atoms with Crippen LogP contribution in [0, 0.1) is 0 Å². The first-order chi connectivity index (χ1) is 9.11. The van der Waals surface area contributed by atoms with E-state index in [1.807, 2.05) is 18.0 Å². The maximum Gasteiger partial charge on any atom is 0.244 e. The fraction of sp³-hybridized carbons (Fsp3) is 0.538. The maximum absolute atomic E-state index is 12.3. The Morgan fingerprint density at radius 2 is 2.21 bits per heavy atom. The van der Waals surface area contributed by atoms with Crippen LogP contribution >= 0.6 is 0 Å². The summed E-state index contributed by atoms with van der Waals surface area (Å²) in [5.41, 5.74) is 6.77. The van der Waals surface area contributed by atoms with E-state index in [0.717, 1.165) is 38.3 Å². The maximum atomic E-state index is 12.3. The fourth-order valence-electron chi connectivity index (χ4n) is 2.27. The van der Waals surface area contributed by atoms with E-state index >= 15 is 0 Å². The molecule has 0 spiro atoms. The Kier molecular flexibility index (Phi) is 4.34. The zero-order valence-corrected chi connectivity index (χ0v) is 11.3. The number of carbonyl (C=O) groups is 1. The Bertz CT molecular complexity index is 448. The number of nitrogens with two attached hydrogens (primary N) is 1. The molecule has 104 valence electrons. The van der Waals surface area contributed by atoms with E-state index in [1.165, 1.54) is 0 Å². The van der Waals surface area contributed by atoms with Gasteiger partial charge in [0.05, 0.1) is 6.20 Å². The Morgan fingerprint density at radius 3 is 2.74 bits per heavy atom. The van der Waals surface area contributed by atoms with Gasteiger partial charge in [0.1, 0.15) is 6.04 Å². The molecule has 2 heterocycles. The van der Waals surface area contributed by atoms with E-state index in [1.54, 1.807) is 17.1 Å². The number of nitrogens with zero attached hydrogens (tertiary/aromatic N) is 4. The van der Waals surface area contributed by atoms with Crippen LogP contribution in [0.2, 0.25) is 0 Å². The molecule has 1 unspecified atom stereocenters. The lowest BCUT2D eigenvalue weighted by atomic mass is 10.1. The van der Waals surface area contributed by atoms with Crippen molar-refractivity contribution in [3.63, 3.8) is 0 Å². The second kappa shape index (κ2) is 5.99. The van der Waals surface area contributed by atoms with E-state index < -0.39 is 6.04 Å². The number of carbonyl (C=O) groups excluding carboxylic acids is 1. The van der Waals surface area contributed by atoms with E-state index in [-0.39, 0.29) is 5.91 Å². The number of rotatable bonds is 4. The molecule has 1 aromatic rings. The Morgan fingerprint density at radius 1 is 1.53 bits per heavy atom. The van der Waals surface area contributed by atoms with Crippen LogP contribution in [-0.2, 0) is 11.8 Å². The smallest absolute Gasteiger partial charge is 0.244 e. The predicted octanol–water partition coefficient (Wildman–Crippen LogP) is -0.250. The lowest BCUT2D eigenvalue weighted by Crippen LogP contribution is -2.50. The van der Waals surface area contributed by atoms with Gasteiger partial charge in [0, 0.05) is 51.5 Å². The van der Waals surface area contributed by atoms with Gasteiger partial charge in [0.2, 0.25) is 5.91 Å². The summed E-state index contributed by atoms with van der Waals surface area (Å²) in [4.78, 5) is 16.4. The SMILES string of the molecule is C=CCN1CCN(C(=O)C(N)c2cnn(C)c2)CC1. The highest BCUT2D eigenvalue weighted by molar-refractivity contribution is 5.83. The van der Waals surface area contributed by atoms with Crippen LogP contribution in [-0.4, -0.2) is 58.2 Å². The second-order valence-electron chi connectivity index (χ2n) is 4.84.